The number of carbonyl (C=O) groups is 4. The molecule has 1 fully saturated rings. The molecule has 0 saturated carbocycles. The molecule has 0 bridgehead atoms. The molecule has 5 atom stereocenters. The molecule has 186 valence electrons. The number of hydrogen-bond acceptors (Lipinski definition) is 12. The highest BCUT2D eigenvalue weighted by molar-refractivity contribution is 6.32. The number of nitro groups is 1. The molecule has 0 unspecified atom stereocenters. The fourth-order valence-electron chi connectivity index (χ4n) is 3.10. The molecule has 13 nitrogen and oxygen atoms in total. The van der Waals surface area contributed by atoms with Crippen LogP contribution in [0.25, 0.3) is 0 Å². The van der Waals surface area contributed by atoms with E-state index >= 15 is 0 Å². The smallest absolute Gasteiger partial charge is 0.303 e. The average molecular weight is 504 g/mol. The van der Waals surface area contributed by atoms with Crippen molar-refractivity contribution in [3.05, 3.63) is 33.3 Å². The van der Waals surface area contributed by atoms with E-state index in [0.717, 1.165) is 39.8 Å². The fourth-order valence-corrected chi connectivity index (χ4v) is 3.27. The van der Waals surface area contributed by atoms with Crippen molar-refractivity contribution < 1.29 is 52.5 Å². The number of rotatable bonds is 8. The van der Waals surface area contributed by atoms with Crippen LogP contribution in [0.5, 0.6) is 5.75 Å². The van der Waals surface area contributed by atoms with Gasteiger partial charge in [0, 0.05) is 33.8 Å². The Kier molecular flexibility index (Phi) is 9.15. The highest BCUT2D eigenvalue weighted by Crippen LogP contribution is 2.35. The molecule has 1 saturated heterocycles. The van der Waals surface area contributed by atoms with Gasteiger partial charge < -0.3 is 28.4 Å². The lowest BCUT2D eigenvalue weighted by molar-refractivity contribution is -0.385. The largest absolute Gasteiger partial charge is 0.463 e. The van der Waals surface area contributed by atoms with Crippen LogP contribution in [0, 0.1) is 10.1 Å². The Morgan fingerprint density at radius 3 is 2.03 bits per heavy atom. The summed E-state index contributed by atoms with van der Waals surface area (Å²) in [4.78, 5) is 57.2. The number of non-ortho nitro benzene ring substituents is 1. The van der Waals surface area contributed by atoms with Crippen molar-refractivity contribution in [2.75, 3.05) is 6.61 Å². The molecule has 14 heteroatoms. The molecule has 1 aromatic rings. The standard InChI is InChI=1S/C20H22ClNO12/c1-9(23)29-8-16-17(30-10(2)24)18(31-11(3)25)19(32-12(4)26)20(34-16)33-15-7-13(22(27)28)5-6-14(15)21/h5-7,16-20H,8H2,1-4H3/t16-,17+,18+,19-,20-/m1/s1. The number of hydrogen-bond donors (Lipinski definition) is 0. The van der Waals surface area contributed by atoms with Gasteiger partial charge in [-0.1, -0.05) is 11.6 Å². The van der Waals surface area contributed by atoms with E-state index in [1.165, 1.54) is 6.07 Å². The predicted octanol–water partition coefficient (Wildman–Crippen LogP) is 1.71. The third kappa shape index (κ3) is 7.28. The third-order valence-electron chi connectivity index (χ3n) is 4.32. The maximum atomic E-state index is 11.8. The SMILES string of the molecule is CC(=O)OC[C@H]1O[C@@H](Oc2cc([N+](=O)[O-])ccc2Cl)[C@H](OC(C)=O)[C@@H](OC(C)=O)[C@H]1OC(C)=O. The average Bonchev–Trinajstić information content (AvgIpc) is 2.71. The van der Waals surface area contributed by atoms with Gasteiger partial charge in [0.2, 0.25) is 12.4 Å². The molecule has 1 aromatic carbocycles. The van der Waals surface area contributed by atoms with E-state index in [9.17, 15) is 29.3 Å². The van der Waals surface area contributed by atoms with Crippen LogP contribution in [0.4, 0.5) is 5.69 Å². The van der Waals surface area contributed by atoms with Gasteiger partial charge in [-0.2, -0.15) is 0 Å². The first-order valence-electron chi connectivity index (χ1n) is 9.80. The molecule has 1 heterocycles. The van der Waals surface area contributed by atoms with Crippen molar-refractivity contribution in [3.8, 4) is 5.75 Å². The van der Waals surface area contributed by atoms with Crippen molar-refractivity contribution in [1.82, 2.24) is 0 Å². The summed E-state index contributed by atoms with van der Waals surface area (Å²) < 4.78 is 32.2. The van der Waals surface area contributed by atoms with Crippen LogP contribution in [-0.4, -0.2) is 66.1 Å². The summed E-state index contributed by atoms with van der Waals surface area (Å²) in [5, 5.41) is 11.1. The van der Waals surface area contributed by atoms with E-state index < -0.39 is 66.1 Å². The van der Waals surface area contributed by atoms with Crippen molar-refractivity contribution in [3.63, 3.8) is 0 Å². The van der Waals surface area contributed by atoms with Crippen LogP contribution in [0.3, 0.4) is 0 Å². The molecule has 34 heavy (non-hydrogen) atoms. The number of benzene rings is 1. The van der Waals surface area contributed by atoms with Crippen molar-refractivity contribution in [1.29, 1.82) is 0 Å². The van der Waals surface area contributed by atoms with Gasteiger partial charge in [-0.3, -0.25) is 29.3 Å². The van der Waals surface area contributed by atoms with Crippen LogP contribution in [0.15, 0.2) is 18.2 Å². The summed E-state index contributed by atoms with van der Waals surface area (Å²) in [5.41, 5.74) is -0.356. The zero-order valence-corrected chi connectivity index (χ0v) is 19.3. The molecule has 0 amide bonds. The number of carbonyl (C=O) groups excluding carboxylic acids is 4. The minimum atomic E-state index is -1.57. The van der Waals surface area contributed by atoms with Crippen molar-refractivity contribution >= 4 is 41.2 Å². The van der Waals surface area contributed by atoms with Crippen LogP contribution >= 0.6 is 11.6 Å². The Labute approximate surface area is 198 Å². The van der Waals surface area contributed by atoms with Crippen LogP contribution in [0.2, 0.25) is 5.02 Å². The van der Waals surface area contributed by atoms with E-state index in [-0.39, 0.29) is 16.5 Å². The lowest BCUT2D eigenvalue weighted by Crippen LogP contribution is -2.63. The molecular formula is C20H22ClNO12. The first-order chi connectivity index (χ1) is 15.9. The Balaban J connectivity index is 2.52. The summed E-state index contributed by atoms with van der Waals surface area (Å²) in [6.07, 6.45) is -7.14. The minimum absolute atomic E-state index is 0.0431. The molecule has 2 rings (SSSR count). The molecule has 1 aliphatic heterocycles. The molecule has 0 spiro atoms. The Hall–Kier alpha value is -3.45. The first-order valence-corrected chi connectivity index (χ1v) is 10.2. The molecular weight excluding hydrogens is 482 g/mol. The van der Waals surface area contributed by atoms with E-state index in [1.54, 1.807) is 0 Å². The topological polar surface area (TPSA) is 167 Å². The molecule has 0 N–H and O–H groups in total. The highest BCUT2D eigenvalue weighted by atomic mass is 35.5. The van der Waals surface area contributed by atoms with E-state index in [2.05, 4.69) is 0 Å². The van der Waals surface area contributed by atoms with Gasteiger partial charge in [0.1, 0.15) is 18.5 Å². The summed E-state index contributed by atoms with van der Waals surface area (Å²) in [6.45, 7) is 3.89. The maximum absolute atomic E-state index is 11.8. The normalized spacial score (nSPS) is 23.9. The van der Waals surface area contributed by atoms with E-state index in [0.29, 0.717) is 0 Å². The zero-order valence-electron chi connectivity index (χ0n) is 18.6. The molecule has 1 aliphatic rings. The molecule has 0 aromatic heterocycles. The minimum Gasteiger partial charge on any atom is -0.463 e. The van der Waals surface area contributed by atoms with Gasteiger partial charge in [-0.15, -0.1) is 0 Å². The van der Waals surface area contributed by atoms with Crippen molar-refractivity contribution in [2.24, 2.45) is 0 Å². The lowest BCUT2D eigenvalue weighted by atomic mass is 9.98. The number of ether oxygens (including phenoxy) is 6. The molecule has 0 radical (unpaired) electrons. The predicted molar refractivity (Wildman–Crippen MR) is 111 cm³/mol. The second kappa shape index (κ2) is 11.6. The van der Waals surface area contributed by atoms with Gasteiger partial charge in [-0.05, 0) is 6.07 Å². The van der Waals surface area contributed by atoms with Crippen LogP contribution in [0.1, 0.15) is 27.7 Å². The van der Waals surface area contributed by atoms with Crippen LogP contribution in [-0.2, 0) is 42.9 Å². The highest BCUT2D eigenvalue weighted by Gasteiger charge is 2.53. The summed E-state index contributed by atoms with van der Waals surface area (Å²) in [5.74, 6) is -3.34. The summed E-state index contributed by atoms with van der Waals surface area (Å²) >= 11 is 6.10. The fraction of sp³-hybridized carbons (Fsp3) is 0.500. The Bertz CT molecular complexity index is 967. The van der Waals surface area contributed by atoms with E-state index in [4.69, 9.17) is 40.0 Å². The number of halogens is 1. The number of nitrogens with zero attached hydrogens (tertiary/aromatic N) is 1. The number of esters is 4. The second-order valence-corrected chi connectivity index (χ2v) is 7.46. The Morgan fingerprint density at radius 1 is 0.941 bits per heavy atom. The first kappa shape index (κ1) is 26.8. The third-order valence-corrected chi connectivity index (χ3v) is 4.63. The van der Waals surface area contributed by atoms with Gasteiger partial charge in [0.15, 0.2) is 12.2 Å². The number of nitro benzene ring substituents is 1. The van der Waals surface area contributed by atoms with Gasteiger partial charge in [0.25, 0.3) is 5.69 Å². The zero-order chi connectivity index (χ0) is 25.6. The van der Waals surface area contributed by atoms with Crippen molar-refractivity contribution in [2.45, 2.75) is 58.4 Å². The molecule has 0 aliphatic carbocycles. The maximum Gasteiger partial charge on any atom is 0.303 e. The van der Waals surface area contributed by atoms with E-state index in [1.807, 2.05) is 0 Å². The lowest BCUT2D eigenvalue weighted by Gasteiger charge is -2.43. The van der Waals surface area contributed by atoms with Gasteiger partial charge in [-0.25, -0.2) is 0 Å². The summed E-state index contributed by atoms with van der Waals surface area (Å²) in [7, 11) is 0. The summed E-state index contributed by atoms with van der Waals surface area (Å²) in [6, 6.07) is 3.36. The van der Waals surface area contributed by atoms with Crippen LogP contribution < -0.4 is 4.74 Å². The second-order valence-electron chi connectivity index (χ2n) is 7.06. The quantitative estimate of drug-likeness (QED) is 0.218. The van der Waals surface area contributed by atoms with Gasteiger partial charge in [0.05, 0.1) is 16.0 Å². The Morgan fingerprint density at radius 2 is 1.50 bits per heavy atom. The van der Waals surface area contributed by atoms with Gasteiger partial charge >= 0.3 is 23.9 Å². The monoisotopic (exact) mass is 503 g/mol.